The number of anilines is 2. The quantitative estimate of drug-likeness (QED) is 0.128. The molecule has 0 radical (unpaired) electrons. The minimum absolute atomic E-state index is 0.0806. The van der Waals surface area contributed by atoms with Crippen LogP contribution >= 0.6 is 0 Å². The standard InChI is InChI=1S/C39H56N4O6S/c1-42(2)36-20-14-19-34-33(36)18-15-21-38(34)50(45,46)40-24-11-9-7-5-6-8-10-12-25-43-29-16-13-17-30(43)27-32(26-29)49-39(44)41-35-28-31(47-3)22-23-37(35)48-4/h14-15,18-23,28-30,32,40H,5-13,16-17,24-27H2,1-4H3,(H,41,44)/t29-,30+,32?. The maximum Gasteiger partial charge on any atom is 0.412 e. The van der Waals surface area contributed by atoms with Crippen LogP contribution in [0.4, 0.5) is 16.2 Å². The van der Waals surface area contributed by atoms with Gasteiger partial charge in [-0.05, 0) is 56.5 Å². The highest BCUT2D eigenvalue weighted by atomic mass is 32.2. The van der Waals surface area contributed by atoms with Crippen LogP contribution in [0.5, 0.6) is 11.5 Å². The van der Waals surface area contributed by atoms with Crippen molar-refractivity contribution in [3.63, 3.8) is 0 Å². The van der Waals surface area contributed by atoms with E-state index in [1.807, 2.05) is 49.3 Å². The predicted octanol–water partition coefficient (Wildman–Crippen LogP) is 7.96. The number of fused-ring (bicyclic) bond motifs is 3. The van der Waals surface area contributed by atoms with E-state index in [4.69, 9.17) is 14.2 Å². The second-order valence-corrected chi connectivity index (χ2v) is 15.7. The van der Waals surface area contributed by atoms with Crippen LogP contribution in [0.3, 0.4) is 0 Å². The van der Waals surface area contributed by atoms with Crippen molar-refractivity contribution in [1.82, 2.24) is 9.62 Å². The first kappa shape index (κ1) is 37.7. The van der Waals surface area contributed by atoms with Crippen molar-refractivity contribution >= 4 is 38.3 Å². The zero-order valence-electron chi connectivity index (χ0n) is 30.3. The molecule has 0 saturated carbocycles. The molecule has 5 rings (SSSR count). The van der Waals surface area contributed by atoms with Crippen LogP contribution in [-0.4, -0.2) is 79.0 Å². The summed E-state index contributed by atoms with van der Waals surface area (Å²) in [6.45, 7) is 1.57. The molecule has 3 aromatic rings. The van der Waals surface area contributed by atoms with Gasteiger partial charge in [-0.25, -0.2) is 17.9 Å². The molecular formula is C39H56N4O6S. The first-order valence-corrected chi connectivity index (χ1v) is 19.8. The third-order valence-electron chi connectivity index (χ3n) is 10.3. The Morgan fingerprint density at radius 2 is 1.50 bits per heavy atom. The molecule has 2 bridgehead atoms. The van der Waals surface area contributed by atoms with Crippen LogP contribution in [0.25, 0.3) is 10.8 Å². The molecule has 3 aromatic carbocycles. The van der Waals surface area contributed by atoms with E-state index >= 15 is 0 Å². The predicted molar refractivity (Wildman–Crippen MR) is 201 cm³/mol. The Bertz CT molecular complexity index is 1650. The van der Waals surface area contributed by atoms with Gasteiger partial charge >= 0.3 is 6.09 Å². The van der Waals surface area contributed by atoms with Crippen LogP contribution in [0, 0.1) is 0 Å². The Hall–Kier alpha value is -3.54. The van der Waals surface area contributed by atoms with Crippen molar-refractivity contribution in [3.8, 4) is 11.5 Å². The van der Waals surface area contributed by atoms with Crippen LogP contribution in [0.2, 0.25) is 0 Å². The number of methoxy groups -OCH3 is 2. The lowest BCUT2D eigenvalue weighted by Gasteiger charge is -2.48. The largest absolute Gasteiger partial charge is 0.497 e. The van der Waals surface area contributed by atoms with E-state index in [9.17, 15) is 13.2 Å². The number of benzene rings is 3. The highest BCUT2D eigenvalue weighted by molar-refractivity contribution is 7.89. The molecule has 11 heteroatoms. The van der Waals surface area contributed by atoms with Crippen molar-refractivity contribution in [2.75, 3.05) is 51.6 Å². The number of hydrogen-bond donors (Lipinski definition) is 2. The fourth-order valence-electron chi connectivity index (χ4n) is 7.75. The van der Waals surface area contributed by atoms with Gasteiger partial charge in [0.15, 0.2) is 0 Å². The monoisotopic (exact) mass is 708 g/mol. The lowest BCUT2D eigenvalue weighted by molar-refractivity contribution is -0.0308. The number of rotatable bonds is 18. The Kier molecular flexibility index (Phi) is 13.7. The summed E-state index contributed by atoms with van der Waals surface area (Å²) in [6.07, 6.45) is 13.8. The van der Waals surface area contributed by atoms with Gasteiger partial charge in [-0.1, -0.05) is 69.2 Å². The van der Waals surface area contributed by atoms with E-state index in [2.05, 4.69) is 14.9 Å². The third kappa shape index (κ3) is 9.82. The van der Waals surface area contributed by atoms with Crippen LogP contribution in [0.15, 0.2) is 59.5 Å². The molecule has 2 aliphatic heterocycles. The zero-order valence-corrected chi connectivity index (χ0v) is 31.1. The number of piperidine rings is 2. The van der Waals surface area contributed by atoms with E-state index in [1.54, 1.807) is 38.5 Å². The van der Waals surface area contributed by atoms with Crippen LogP contribution in [-0.2, 0) is 14.8 Å². The van der Waals surface area contributed by atoms with Crippen molar-refractivity contribution in [1.29, 1.82) is 0 Å². The summed E-state index contributed by atoms with van der Waals surface area (Å²) in [5.74, 6) is 1.20. The van der Waals surface area contributed by atoms with Crippen LogP contribution < -0.4 is 24.4 Å². The van der Waals surface area contributed by atoms with Crippen LogP contribution in [0.1, 0.15) is 83.5 Å². The molecule has 1 amide bonds. The van der Waals surface area contributed by atoms with Gasteiger partial charge in [-0.3, -0.25) is 10.2 Å². The summed E-state index contributed by atoms with van der Waals surface area (Å²) in [5, 5.41) is 4.53. The molecule has 0 spiro atoms. The number of carbonyl (C=O) groups excluding carboxylic acids is 1. The Balaban J connectivity index is 0.946. The molecule has 50 heavy (non-hydrogen) atoms. The van der Waals surface area contributed by atoms with Crippen molar-refractivity contribution in [2.45, 2.75) is 107 Å². The first-order valence-electron chi connectivity index (χ1n) is 18.3. The van der Waals surface area contributed by atoms with E-state index in [0.29, 0.717) is 40.7 Å². The molecular weight excluding hydrogens is 653 g/mol. The van der Waals surface area contributed by atoms with Gasteiger partial charge < -0.3 is 19.1 Å². The van der Waals surface area contributed by atoms with Crippen molar-refractivity contribution in [3.05, 3.63) is 54.6 Å². The molecule has 2 saturated heterocycles. The molecule has 274 valence electrons. The van der Waals surface area contributed by atoms with E-state index < -0.39 is 16.1 Å². The van der Waals surface area contributed by atoms with Gasteiger partial charge in [0.25, 0.3) is 0 Å². The molecule has 3 atom stereocenters. The van der Waals surface area contributed by atoms with Gasteiger partial charge in [0.05, 0.1) is 24.8 Å². The van der Waals surface area contributed by atoms with E-state index in [1.165, 1.54) is 38.5 Å². The molecule has 10 nitrogen and oxygen atoms in total. The highest BCUT2D eigenvalue weighted by Crippen LogP contribution is 2.36. The van der Waals surface area contributed by atoms with Crippen molar-refractivity contribution in [2.24, 2.45) is 0 Å². The minimum atomic E-state index is -3.58. The Morgan fingerprint density at radius 1 is 0.840 bits per heavy atom. The van der Waals surface area contributed by atoms with Gasteiger partial charge in [-0.2, -0.15) is 0 Å². The molecule has 2 aliphatic rings. The number of carbonyl (C=O) groups is 1. The summed E-state index contributed by atoms with van der Waals surface area (Å²) in [7, 11) is 3.51. The average Bonchev–Trinajstić information content (AvgIpc) is 3.09. The van der Waals surface area contributed by atoms with E-state index in [-0.39, 0.29) is 6.10 Å². The number of amides is 1. The van der Waals surface area contributed by atoms with E-state index in [0.717, 1.165) is 68.0 Å². The summed E-state index contributed by atoms with van der Waals surface area (Å²) >= 11 is 0. The van der Waals surface area contributed by atoms with Gasteiger partial charge in [0, 0.05) is 68.1 Å². The molecule has 2 fully saturated rings. The summed E-state index contributed by atoms with van der Waals surface area (Å²) in [5.41, 5.74) is 1.54. The lowest BCUT2D eigenvalue weighted by Crippen LogP contribution is -2.54. The minimum Gasteiger partial charge on any atom is -0.497 e. The normalized spacial score (nSPS) is 19.2. The molecule has 0 aromatic heterocycles. The maximum atomic E-state index is 13.1. The zero-order chi connectivity index (χ0) is 35.5. The fraction of sp³-hybridized carbons (Fsp3) is 0.564. The number of sulfonamides is 1. The lowest BCUT2D eigenvalue weighted by atomic mass is 9.82. The Morgan fingerprint density at radius 3 is 2.18 bits per heavy atom. The molecule has 2 N–H and O–H groups in total. The third-order valence-corrected chi connectivity index (χ3v) is 11.8. The van der Waals surface area contributed by atoms with Gasteiger partial charge in [0.2, 0.25) is 10.0 Å². The Labute approximate surface area is 298 Å². The maximum absolute atomic E-state index is 13.1. The number of unbranched alkanes of at least 4 members (excludes halogenated alkanes) is 7. The number of hydrogen-bond acceptors (Lipinski definition) is 8. The molecule has 1 unspecified atom stereocenters. The number of nitrogens with one attached hydrogen (secondary N) is 2. The summed E-state index contributed by atoms with van der Waals surface area (Å²) in [4.78, 5) is 17.8. The average molecular weight is 709 g/mol. The number of ether oxygens (including phenoxy) is 3. The number of nitrogens with zero attached hydrogens (tertiary/aromatic N) is 2. The topological polar surface area (TPSA) is 109 Å². The fourth-order valence-corrected chi connectivity index (χ4v) is 9.04. The summed E-state index contributed by atoms with van der Waals surface area (Å²) < 4.78 is 45.7. The second kappa shape index (κ2) is 18.1. The molecule has 0 aliphatic carbocycles. The molecule has 2 heterocycles. The smallest absolute Gasteiger partial charge is 0.412 e. The van der Waals surface area contributed by atoms with Crippen molar-refractivity contribution < 1.29 is 27.4 Å². The SMILES string of the molecule is COc1ccc(OC)c(NC(=O)OC2C[C@H]3CCC[C@@H](C2)N3CCCCCCCCCCNS(=O)(=O)c2cccc3c(N(C)C)cccc23)c1. The van der Waals surface area contributed by atoms with Gasteiger partial charge in [-0.15, -0.1) is 0 Å². The van der Waals surface area contributed by atoms with Gasteiger partial charge in [0.1, 0.15) is 17.6 Å². The second-order valence-electron chi connectivity index (χ2n) is 13.9. The first-order chi connectivity index (χ1) is 24.2. The highest BCUT2D eigenvalue weighted by Gasteiger charge is 2.39. The summed E-state index contributed by atoms with van der Waals surface area (Å²) in [6, 6.07) is 17.5.